The van der Waals surface area contributed by atoms with Gasteiger partial charge in [0.1, 0.15) is 0 Å². The molecule has 0 heterocycles. The van der Waals surface area contributed by atoms with Crippen molar-refractivity contribution in [3.63, 3.8) is 0 Å². The van der Waals surface area contributed by atoms with Crippen LogP contribution < -0.4 is 0 Å². The smallest absolute Gasteiger partial charge is 0.0134 e. The minimum Gasteiger partial charge on any atom is -0.0683 e. The summed E-state index contributed by atoms with van der Waals surface area (Å²) in [6.07, 6.45) is 6.78. The van der Waals surface area contributed by atoms with E-state index in [0.29, 0.717) is 0 Å². The van der Waals surface area contributed by atoms with Crippen molar-refractivity contribution in [1.82, 2.24) is 0 Å². The summed E-state index contributed by atoms with van der Waals surface area (Å²) < 4.78 is 0. The molecule has 0 bridgehead atoms. The number of hydrogen-bond acceptors (Lipinski definition) is 0. The van der Waals surface area contributed by atoms with Gasteiger partial charge in [0.05, 0.1) is 0 Å². The molecular formula is C19H36. The third-order valence-electron chi connectivity index (χ3n) is 4.65. The summed E-state index contributed by atoms with van der Waals surface area (Å²) in [5.41, 5.74) is 6.83. The van der Waals surface area contributed by atoms with Gasteiger partial charge in [0.15, 0.2) is 0 Å². The fourth-order valence-corrected chi connectivity index (χ4v) is 3.90. The minimum absolute atomic E-state index is 0.898. The van der Waals surface area contributed by atoms with E-state index >= 15 is 0 Å². The van der Waals surface area contributed by atoms with E-state index in [1.807, 2.05) is 27.7 Å². The molecule has 2 aliphatic carbocycles. The monoisotopic (exact) mass is 264 g/mol. The highest BCUT2D eigenvalue weighted by molar-refractivity contribution is 5.44. The van der Waals surface area contributed by atoms with Crippen LogP contribution in [-0.2, 0) is 0 Å². The van der Waals surface area contributed by atoms with Crippen LogP contribution in [0.1, 0.15) is 87.5 Å². The van der Waals surface area contributed by atoms with E-state index in [1.54, 1.807) is 22.3 Å². The van der Waals surface area contributed by atoms with Crippen LogP contribution in [0.4, 0.5) is 0 Å². The van der Waals surface area contributed by atoms with Gasteiger partial charge in [0.2, 0.25) is 0 Å². The Morgan fingerprint density at radius 2 is 1.05 bits per heavy atom. The van der Waals surface area contributed by atoms with Crippen LogP contribution in [-0.4, -0.2) is 0 Å². The maximum absolute atomic E-state index is 2.39. The molecule has 0 heteroatoms. The first kappa shape index (κ1) is 18.5. The molecule has 0 saturated heterocycles. The van der Waals surface area contributed by atoms with Crippen molar-refractivity contribution in [1.29, 1.82) is 0 Å². The van der Waals surface area contributed by atoms with Crippen molar-refractivity contribution >= 4 is 0 Å². The number of fused-ring (bicyclic) bond motifs is 1. The number of hydrogen-bond donors (Lipinski definition) is 0. The first-order chi connectivity index (χ1) is 9.20. The second-order valence-electron chi connectivity index (χ2n) is 5.17. The molecule has 2 unspecified atom stereocenters. The Morgan fingerprint density at radius 1 is 0.737 bits per heavy atom. The summed E-state index contributed by atoms with van der Waals surface area (Å²) in [5.74, 6) is 1.80. The molecule has 1 fully saturated rings. The molecule has 0 aromatic heterocycles. The minimum atomic E-state index is 0.898. The maximum Gasteiger partial charge on any atom is -0.0134 e. The second kappa shape index (κ2) is 9.39. The molecule has 0 radical (unpaired) electrons. The molecule has 112 valence electrons. The van der Waals surface area contributed by atoms with Crippen molar-refractivity contribution in [2.75, 3.05) is 0 Å². The average molecular weight is 264 g/mol. The summed E-state index contributed by atoms with van der Waals surface area (Å²) >= 11 is 0. The fraction of sp³-hybridized carbons (Fsp3) is 0.789. The molecule has 2 rings (SSSR count). The molecule has 0 N–H and O–H groups in total. The van der Waals surface area contributed by atoms with Crippen molar-refractivity contribution in [3.8, 4) is 0 Å². The zero-order chi connectivity index (χ0) is 15.0. The standard InChI is InChI=1S/C15H24.2C2H6/c1-5-12-10(3)14-8-7-9-15(14)11(4)13(12)6-2;2*1-2/h14-15H,5-9H2,1-4H3;2*1-2H3. The Morgan fingerprint density at radius 3 is 1.32 bits per heavy atom. The third kappa shape index (κ3) is 3.74. The van der Waals surface area contributed by atoms with Gasteiger partial charge in [-0.2, -0.15) is 0 Å². The van der Waals surface area contributed by atoms with Gasteiger partial charge in [-0.15, -0.1) is 0 Å². The predicted octanol–water partition coefficient (Wildman–Crippen LogP) is 6.92. The summed E-state index contributed by atoms with van der Waals surface area (Å²) in [6.45, 7) is 17.4. The van der Waals surface area contributed by atoms with Gasteiger partial charge < -0.3 is 0 Å². The highest BCUT2D eigenvalue weighted by Gasteiger charge is 2.35. The van der Waals surface area contributed by atoms with Gasteiger partial charge in [-0.05, 0) is 62.5 Å². The summed E-state index contributed by atoms with van der Waals surface area (Å²) in [7, 11) is 0. The quantitative estimate of drug-likeness (QED) is 0.507. The van der Waals surface area contributed by atoms with E-state index < -0.39 is 0 Å². The van der Waals surface area contributed by atoms with Crippen LogP contribution in [0.5, 0.6) is 0 Å². The van der Waals surface area contributed by atoms with Gasteiger partial charge in [-0.25, -0.2) is 0 Å². The van der Waals surface area contributed by atoms with Gasteiger partial charge >= 0.3 is 0 Å². The maximum atomic E-state index is 2.39. The Kier molecular flexibility index (Phi) is 9.14. The molecule has 2 aliphatic rings. The molecule has 0 aromatic carbocycles. The topological polar surface area (TPSA) is 0 Å². The normalized spacial score (nSPS) is 25.3. The van der Waals surface area contributed by atoms with Crippen LogP contribution in [0.2, 0.25) is 0 Å². The van der Waals surface area contributed by atoms with Crippen LogP contribution in [0.3, 0.4) is 0 Å². The second-order valence-corrected chi connectivity index (χ2v) is 5.17. The molecule has 0 aliphatic heterocycles. The Hall–Kier alpha value is -0.520. The van der Waals surface area contributed by atoms with Crippen molar-refractivity contribution in [3.05, 3.63) is 22.3 Å². The Bertz CT molecular complexity index is 285. The van der Waals surface area contributed by atoms with E-state index in [9.17, 15) is 0 Å². The SMILES string of the molecule is CC.CC.CCC1=C(C)C2CCCC2C(C)=C1CC. The van der Waals surface area contributed by atoms with Crippen LogP contribution >= 0.6 is 0 Å². The van der Waals surface area contributed by atoms with Crippen LogP contribution in [0.15, 0.2) is 22.3 Å². The lowest BCUT2D eigenvalue weighted by Crippen LogP contribution is -2.19. The highest BCUT2D eigenvalue weighted by atomic mass is 14.4. The molecule has 19 heavy (non-hydrogen) atoms. The van der Waals surface area contributed by atoms with Crippen molar-refractivity contribution < 1.29 is 0 Å². The lowest BCUT2D eigenvalue weighted by Gasteiger charge is -2.32. The van der Waals surface area contributed by atoms with E-state index in [1.165, 1.54) is 32.1 Å². The largest absolute Gasteiger partial charge is 0.0683 e. The molecule has 2 atom stereocenters. The summed E-state index contributed by atoms with van der Waals surface area (Å²) in [6, 6.07) is 0. The van der Waals surface area contributed by atoms with Gasteiger partial charge in [0.25, 0.3) is 0 Å². The average Bonchev–Trinajstić information content (AvgIpc) is 2.96. The summed E-state index contributed by atoms with van der Waals surface area (Å²) in [4.78, 5) is 0. The van der Waals surface area contributed by atoms with Gasteiger partial charge in [-0.1, -0.05) is 59.1 Å². The number of allylic oxidation sites excluding steroid dienone is 4. The fourth-order valence-electron chi connectivity index (χ4n) is 3.90. The van der Waals surface area contributed by atoms with E-state index in [-0.39, 0.29) is 0 Å². The van der Waals surface area contributed by atoms with Crippen LogP contribution in [0.25, 0.3) is 0 Å². The predicted molar refractivity (Wildman–Crippen MR) is 89.5 cm³/mol. The Balaban J connectivity index is 0.000000741. The van der Waals surface area contributed by atoms with E-state index in [2.05, 4.69) is 27.7 Å². The lowest BCUT2D eigenvalue weighted by molar-refractivity contribution is 0.481. The number of rotatable bonds is 2. The van der Waals surface area contributed by atoms with Gasteiger partial charge in [-0.3, -0.25) is 0 Å². The lowest BCUT2D eigenvalue weighted by atomic mass is 9.73. The molecule has 0 nitrogen and oxygen atoms in total. The Labute approximate surface area is 122 Å². The first-order valence-corrected chi connectivity index (χ1v) is 8.60. The highest BCUT2D eigenvalue weighted by Crippen LogP contribution is 2.48. The molecule has 1 saturated carbocycles. The first-order valence-electron chi connectivity index (χ1n) is 8.60. The van der Waals surface area contributed by atoms with Crippen molar-refractivity contribution in [2.24, 2.45) is 11.8 Å². The van der Waals surface area contributed by atoms with E-state index in [4.69, 9.17) is 0 Å². The molecular weight excluding hydrogens is 228 g/mol. The van der Waals surface area contributed by atoms with Crippen LogP contribution in [0, 0.1) is 11.8 Å². The van der Waals surface area contributed by atoms with Crippen molar-refractivity contribution in [2.45, 2.75) is 87.5 Å². The molecule has 0 spiro atoms. The molecule has 0 amide bonds. The van der Waals surface area contributed by atoms with Gasteiger partial charge in [0, 0.05) is 0 Å². The molecule has 0 aromatic rings. The summed E-state index contributed by atoms with van der Waals surface area (Å²) in [5, 5.41) is 0. The van der Waals surface area contributed by atoms with E-state index in [0.717, 1.165) is 11.8 Å². The zero-order valence-corrected chi connectivity index (χ0v) is 14.7. The zero-order valence-electron chi connectivity index (χ0n) is 14.7. The third-order valence-corrected chi connectivity index (χ3v) is 4.65.